The molecule has 1 saturated heterocycles. The van der Waals surface area contributed by atoms with Crippen LogP contribution in [0.4, 0.5) is 0 Å². The minimum atomic E-state index is -0.468. The molecule has 2 heterocycles. The molecule has 110 valence electrons. The van der Waals surface area contributed by atoms with Crippen molar-refractivity contribution in [3.8, 4) is 0 Å². The lowest BCUT2D eigenvalue weighted by Gasteiger charge is -2.37. The summed E-state index contributed by atoms with van der Waals surface area (Å²) in [6.07, 6.45) is 1.51. The van der Waals surface area contributed by atoms with Crippen molar-refractivity contribution >= 4 is 11.8 Å². The molecule has 0 aliphatic carbocycles. The fourth-order valence-electron chi connectivity index (χ4n) is 2.48. The molecule has 1 fully saturated rings. The van der Waals surface area contributed by atoms with Gasteiger partial charge >= 0.3 is 0 Å². The number of hydrogen-bond donors (Lipinski definition) is 1. The van der Waals surface area contributed by atoms with E-state index in [2.05, 4.69) is 10.5 Å². The van der Waals surface area contributed by atoms with Gasteiger partial charge in [-0.1, -0.05) is 18.5 Å². The van der Waals surface area contributed by atoms with E-state index in [1.807, 2.05) is 20.8 Å². The highest BCUT2D eigenvalue weighted by atomic mass is 16.5. The Hall–Kier alpha value is -1.85. The number of aryl methyl sites for hydroxylation is 2. The summed E-state index contributed by atoms with van der Waals surface area (Å²) in [5.74, 6) is 0.564. The largest absolute Gasteiger partial charge is 0.361 e. The van der Waals surface area contributed by atoms with Gasteiger partial charge in [0.15, 0.2) is 0 Å². The maximum Gasteiger partial charge on any atom is 0.246 e. The molecule has 1 aromatic rings. The second-order valence-electron chi connectivity index (χ2n) is 5.29. The Morgan fingerprint density at radius 1 is 1.35 bits per heavy atom. The average molecular weight is 279 g/mol. The zero-order valence-electron chi connectivity index (χ0n) is 12.4. The van der Waals surface area contributed by atoms with Crippen LogP contribution in [0.3, 0.4) is 0 Å². The number of carbonyl (C=O) groups excluding carboxylic acids is 2. The number of aromatic nitrogens is 1. The number of amides is 2. The Morgan fingerprint density at radius 2 is 2.05 bits per heavy atom. The van der Waals surface area contributed by atoms with Crippen LogP contribution in [0.5, 0.6) is 0 Å². The lowest BCUT2D eigenvalue weighted by Crippen LogP contribution is -2.61. The minimum Gasteiger partial charge on any atom is -0.361 e. The van der Waals surface area contributed by atoms with Gasteiger partial charge in [-0.05, 0) is 27.2 Å². The molecule has 2 amide bonds. The van der Waals surface area contributed by atoms with Gasteiger partial charge in [-0.3, -0.25) is 9.59 Å². The van der Waals surface area contributed by atoms with Crippen LogP contribution in [0.15, 0.2) is 4.52 Å². The summed E-state index contributed by atoms with van der Waals surface area (Å²) < 4.78 is 5.12. The topological polar surface area (TPSA) is 75.4 Å². The van der Waals surface area contributed by atoms with Gasteiger partial charge in [0, 0.05) is 5.56 Å². The summed E-state index contributed by atoms with van der Waals surface area (Å²) in [5, 5.41) is 6.68. The first-order chi connectivity index (χ1) is 9.45. The molecule has 1 aliphatic heterocycles. The van der Waals surface area contributed by atoms with Crippen molar-refractivity contribution in [1.29, 1.82) is 0 Å². The Bertz CT molecular complexity index is 504. The third-order valence-corrected chi connectivity index (χ3v) is 3.83. The Kier molecular flexibility index (Phi) is 4.11. The van der Waals surface area contributed by atoms with E-state index in [9.17, 15) is 9.59 Å². The van der Waals surface area contributed by atoms with Gasteiger partial charge in [-0.25, -0.2) is 0 Å². The van der Waals surface area contributed by atoms with Gasteiger partial charge < -0.3 is 14.7 Å². The van der Waals surface area contributed by atoms with E-state index in [1.165, 1.54) is 0 Å². The van der Waals surface area contributed by atoms with Crippen LogP contribution in [0.1, 0.15) is 43.7 Å². The number of carbonyl (C=O) groups is 2. The molecule has 1 N–H and O–H groups in total. The Morgan fingerprint density at radius 3 is 2.60 bits per heavy atom. The van der Waals surface area contributed by atoms with Crippen LogP contribution in [-0.2, 0) is 16.1 Å². The van der Waals surface area contributed by atoms with Gasteiger partial charge in [0.05, 0.1) is 12.2 Å². The third kappa shape index (κ3) is 2.55. The predicted octanol–water partition coefficient (Wildman–Crippen LogP) is 1.31. The van der Waals surface area contributed by atoms with E-state index in [4.69, 9.17) is 4.52 Å². The second-order valence-corrected chi connectivity index (χ2v) is 5.29. The van der Waals surface area contributed by atoms with E-state index >= 15 is 0 Å². The van der Waals surface area contributed by atoms with E-state index in [1.54, 1.807) is 11.8 Å². The fraction of sp³-hybridized carbons (Fsp3) is 0.643. The van der Waals surface area contributed by atoms with Crippen molar-refractivity contribution in [2.45, 2.75) is 59.2 Å². The summed E-state index contributed by atoms with van der Waals surface area (Å²) in [7, 11) is 0. The molecule has 0 spiro atoms. The van der Waals surface area contributed by atoms with E-state index < -0.39 is 12.1 Å². The fourth-order valence-corrected chi connectivity index (χ4v) is 2.48. The zero-order chi connectivity index (χ0) is 14.9. The average Bonchev–Trinajstić information content (AvgIpc) is 2.72. The molecule has 6 nitrogen and oxygen atoms in total. The predicted molar refractivity (Wildman–Crippen MR) is 72.8 cm³/mol. The van der Waals surface area contributed by atoms with Crippen molar-refractivity contribution in [2.24, 2.45) is 0 Å². The smallest absolute Gasteiger partial charge is 0.246 e. The lowest BCUT2D eigenvalue weighted by molar-refractivity contribution is -0.149. The van der Waals surface area contributed by atoms with Crippen LogP contribution in [0.2, 0.25) is 0 Å². The lowest BCUT2D eigenvalue weighted by atomic mass is 10.0. The summed E-state index contributed by atoms with van der Waals surface area (Å²) in [6.45, 7) is 7.77. The van der Waals surface area contributed by atoms with Crippen molar-refractivity contribution in [1.82, 2.24) is 15.4 Å². The molecule has 20 heavy (non-hydrogen) atoms. The first kappa shape index (κ1) is 14.6. The number of rotatable bonds is 4. The first-order valence-corrected chi connectivity index (χ1v) is 6.98. The maximum absolute atomic E-state index is 12.5. The SMILES string of the molecule is CCCC1NC(=O)C(C)N(Cc2c(C)noc2C)C1=O. The first-order valence-electron chi connectivity index (χ1n) is 6.98. The van der Waals surface area contributed by atoms with Gasteiger partial charge in [0.25, 0.3) is 0 Å². The number of nitrogens with one attached hydrogen (secondary N) is 1. The van der Waals surface area contributed by atoms with Gasteiger partial charge in [0.2, 0.25) is 11.8 Å². The third-order valence-electron chi connectivity index (χ3n) is 3.83. The number of piperazine rings is 1. The molecular formula is C14H21N3O3. The van der Waals surface area contributed by atoms with Crippen LogP contribution < -0.4 is 5.32 Å². The van der Waals surface area contributed by atoms with Crippen LogP contribution in [0, 0.1) is 13.8 Å². The zero-order valence-corrected chi connectivity index (χ0v) is 12.4. The molecule has 6 heteroatoms. The van der Waals surface area contributed by atoms with Crippen molar-refractivity contribution in [3.05, 3.63) is 17.0 Å². The Balaban J connectivity index is 2.23. The molecule has 2 rings (SSSR count). The Labute approximate surface area is 118 Å². The molecule has 1 aromatic heterocycles. The van der Waals surface area contributed by atoms with Crippen LogP contribution in [0.25, 0.3) is 0 Å². The molecule has 0 aromatic carbocycles. The molecular weight excluding hydrogens is 258 g/mol. The highest BCUT2D eigenvalue weighted by Crippen LogP contribution is 2.20. The molecule has 1 aliphatic rings. The van der Waals surface area contributed by atoms with E-state index in [0.717, 1.165) is 17.7 Å². The highest BCUT2D eigenvalue weighted by molar-refractivity contribution is 5.96. The van der Waals surface area contributed by atoms with Gasteiger partial charge in [0.1, 0.15) is 17.8 Å². The standard InChI is InChI=1S/C14H21N3O3/c1-5-6-12-14(19)17(9(3)13(18)15-12)7-11-8(2)16-20-10(11)4/h9,12H,5-7H2,1-4H3,(H,15,18). The highest BCUT2D eigenvalue weighted by Gasteiger charge is 2.38. The van der Waals surface area contributed by atoms with E-state index in [0.29, 0.717) is 18.7 Å². The van der Waals surface area contributed by atoms with Crippen molar-refractivity contribution in [2.75, 3.05) is 0 Å². The molecule has 0 radical (unpaired) electrons. The summed E-state index contributed by atoms with van der Waals surface area (Å²) in [6, 6.07) is -0.881. The maximum atomic E-state index is 12.5. The van der Waals surface area contributed by atoms with E-state index in [-0.39, 0.29) is 11.8 Å². The normalized spacial score (nSPS) is 23.1. The summed E-state index contributed by atoms with van der Waals surface area (Å²) in [5.41, 5.74) is 1.65. The van der Waals surface area contributed by atoms with Crippen molar-refractivity contribution < 1.29 is 14.1 Å². The van der Waals surface area contributed by atoms with Crippen LogP contribution >= 0.6 is 0 Å². The molecule has 0 bridgehead atoms. The van der Waals surface area contributed by atoms with Gasteiger partial charge in [-0.15, -0.1) is 0 Å². The number of nitrogens with zero attached hydrogens (tertiary/aromatic N) is 2. The van der Waals surface area contributed by atoms with Gasteiger partial charge in [-0.2, -0.15) is 0 Å². The molecule has 0 saturated carbocycles. The summed E-state index contributed by atoms with van der Waals surface area (Å²) >= 11 is 0. The quantitative estimate of drug-likeness (QED) is 0.901. The number of hydrogen-bond acceptors (Lipinski definition) is 4. The van der Waals surface area contributed by atoms with Crippen molar-refractivity contribution in [3.63, 3.8) is 0 Å². The molecule has 2 atom stereocenters. The van der Waals surface area contributed by atoms with Crippen LogP contribution in [-0.4, -0.2) is 34.0 Å². The summed E-state index contributed by atoms with van der Waals surface area (Å²) in [4.78, 5) is 26.1. The monoisotopic (exact) mass is 279 g/mol. The second kappa shape index (κ2) is 5.64. The minimum absolute atomic E-state index is 0.0287. The molecule has 2 unspecified atom stereocenters.